The number of rotatable bonds is 4. The molecule has 2 fully saturated rings. The molecule has 0 aromatic heterocycles. The first kappa shape index (κ1) is 12.4. The van der Waals surface area contributed by atoms with E-state index in [9.17, 15) is 0 Å². The molecule has 3 atom stereocenters. The fourth-order valence-corrected chi connectivity index (χ4v) is 3.48. The average molecular weight is 223 g/mol. The zero-order valence-corrected chi connectivity index (χ0v) is 11.4. The maximum Gasteiger partial charge on any atom is -0.00149 e. The van der Waals surface area contributed by atoms with Gasteiger partial charge in [-0.05, 0) is 55.5 Å². The zero-order valence-electron chi connectivity index (χ0n) is 11.4. The van der Waals surface area contributed by atoms with E-state index < -0.39 is 0 Å². The molecule has 0 saturated heterocycles. The van der Waals surface area contributed by atoms with Crippen LogP contribution in [0.15, 0.2) is 0 Å². The Balaban J connectivity index is 1.71. The van der Waals surface area contributed by atoms with Gasteiger partial charge in [0.15, 0.2) is 0 Å². The van der Waals surface area contributed by atoms with E-state index in [4.69, 9.17) is 0 Å². The minimum Gasteiger partial charge on any atom is -0.316 e. The molecule has 1 N–H and O–H groups in total. The van der Waals surface area contributed by atoms with Gasteiger partial charge < -0.3 is 5.32 Å². The normalized spacial score (nSPS) is 39.0. The molecule has 1 spiro atoms. The second kappa shape index (κ2) is 5.08. The van der Waals surface area contributed by atoms with Crippen LogP contribution < -0.4 is 5.32 Å². The highest BCUT2D eigenvalue weighted by molar-refractivity contribution is 5.03. The van der Waals surface area contributed by atoms with Crippen LogP contribution in [0.1, 0.15) is 59.3 Å². The van der Waals surface area contributed by atoms with Crippen LogP contribution in [0.3, 0.4) is 0 Å². The van der Waals surface area contributed by atoms with Crippen molar-refractivity contribution in [1.82, 2.24) is 5.32 Å². The van der Waals surface area contributed by atoms with Crippen molar-refractivity contribution in [2.24, 2.45) is 23.2 Å². The molecule has 0 radical (unpaired) electrons. The lowest BCUT2D eigenvalue weighted by Crippen LogP contribution is -2.24. The van der Waals surface area contributed by atoms with Crippen molar-refractivity contribution in [3.63, 3.8) is 0 Å². The van der Waals surface area contributed by atoms with E-state index in [2.05, 4.69) is 26.1 Å². The van der Waals surface area contributed by atoms with E-state index in [0.717, 1.165) is 23.2 Å². The first-order valence-corrected chi connectivity index (χ1v) is 7.33. The summed E-state index contributed by atoms with van der Waals surface area (Å²) in [5.74, 6) is 2.80. The molecule has 0 aromatic rings. The van der Waals surface area contributed by atoms with Gasteiger partial charge in [-0.1, -0.05) is 40.0 Å². The van der Waals surface area contributed by atoms with Gasteiger partial charge >= 0.3 is 0 Å². The fraction of sp³-hybridized carbons (Fsp3) is 1.00. The van der Waals surface area contributed by atoms with Crippen LogP contribution in [-0.4, -0.2) is 13.1 Å². The number of nitrogens with one attached hydrogen (secondary N) is 1. The van der Waals surface area contributed by atoms with E-state index in [1.165, 1.54) is 51.6 Å². The Bertz CT molecular complexity index is 223. The van der Waals surface area contributed by atoms with Crippen molar-refractivity contribution in [3.8, 4) is 0 Å². The molecule has 94 valence electrons. The van der Waals surface area contributed by atoms with Crippen molar-refractivity contribution >= 4 is 0 Å². The summed E-state index contributed by atoms with van der Waals surface area (Å²) < 4.78 is 0. The van der Waals surface area contributed by atoms with Crippen molar-refractivity contribution in [1.29, 1.82) is 0 Å². The minimum atomic E-state index is 0.786. The highest BCUT2D eigenvalue weighted by Gasteiger charge is 2.52. The van der Waals surface area contributed by atoms with Gasteiger partial charge in [0, 0.05) is 0 Å². The summed E-state index contributed by atoms with van der Waals surface area (Å²) >= 11 is 0. The lowest BCUT2D eigenvalue weighted by molar-refractivity contribution is 0.374. The van der Waals surface area contributed by atoms with E-state index >= 15 is 0 Å². The standard InChI is InChI=1S/C15H29N/c1-12(2)10-16-11-14-9-15(14)7-4-5-13(3)6-8-15/h12-14,16H,4-11H2,1-3H3. The molecule has 2 aliphatic rings. The monoisotopic (exact) mass is 223 g/mol. The summed E-state index contributed by atoms with van der Waals surface area (Å²) in [6, 6.07) is 0. The van der Waals surface area contributed by atoms with E-state index in [1.54, 1.807) is 0 Å². The van der Waals surface area contributed by atoms with Crippen LogP contribution in [0, 0.1) is 23.2 Å². The molecular weight excluding hydrogens is 194 g/mol. The maximum atomic E-state index is 3.65. The van der Waals surface area contributed by atoms with Gasteiger partial charge in [-0.25, -0.2) is 0 Å². The van der Waals surface area contributed by atoms with Gasteiger partial charge in [-0.3, -0.25) is 0 Å². The molecule has 1 nitrogen and oxygen atoms in total. The third kappa shape index (κ3) is 3.00. The lowest BCUT2D eigenvalue weighted by Gasteiger charge is -2.15. The van der Waals surface area contributed by atoms with Crippen LogP contribution in [0.5, 0.6) is 0 Å². The topological polar surface area (TPSA) is 12.0 Å². The largest absolute Gasteiger partial charge is 0.316 e. The second-order valence-electron chi connectivity index (χ2n) is 6.85. The van der Waals surface area contributed by atoms with Crippen LogP contribution in [0.25, 0.3) is 0 Å². The predicted molar refractivity (Wildman–Crippen MR) is 70.5 cm³/mol. The zero-order chi connectivity index (χ0) is 11.6. The van der Waals surface area contributed by atoms with Crippen LogP contribution in [-0.2, 0) is 0 Å². The highest BCUT2D eigenvalue weighted by atomic mass is 14.9. The number of hydrogen-bond acceptors (Lipinski definition) is 1. The maximum absolute atomic E-state index is 3.65. The Morgan fingerprint density at radius 1 is 1.25 bits per heavy atom. The van der Waals surface area contributed by atoms with Crippen molar-refractivity contribution in [2.45, 2.75) is 59.3 Å². The van der Waals surface area contributed by atoms with Gasteiger partial charge in [-0.15, -0.1) is 0 Å². The van der Waals surface area contributed by atoms with Crippen LogP contribution in [0.4, 0.5) is 0 Å². The summed E-state index contributed by atoms with van der Waals surface area (Å²) in [5.41, 5.74) is 0.786. The highest BCUT2D eigenvalue weighted by Crippen LogP contribution is 2.60. The van der Waals surface area contributed by atoms with E-state index in [0.29, 0.717) is 0 Å². The predicted octanol–water partition coefficient (Wildman–Crippen LogP) is 3.84. The molecule has 16 heavy (non-hydrogen) atoms. The smallest absolute Gasteiger partial charge is 0.00149 e. The summed E-state index contributed by atoms with van der Waals surface area (Å²) in [6.07, 6.45) is 9.01. The summed E-state index contributed by atoms with van der Waals surface area (Å²) in [7, 11) is 0. The molecule has 3 unspecified atom stereocenters. The Morgan fingerprint density at radius 2 is 2.06 bits per heavy atom. The van der Waals surface area contributed by atoms with Gasteiger partial charge in [0.05, 0.1) is 0 Å². The van der Waals surface area contributed by atoms with Crippen LogP contribution in [0.2, 0.25) is 0 Å². The molecule has 0 bridgehead atoms. The van der Waals surface area contributed by atoms with Gasteiger partial charge in [0.2, 0.25) is 0 Å². The summed E-state index contributed by atoms with van der Waals surface area (Å²) in [5, 5.41) is 3.65. The third-order valence-corrected chi connectivity index (χ3v) is 4.81. The second-order valence-corrected chi connectivity index (χ2v) is 6.85. The van der Waals surface area contributed by atoms with Gasteiger partial charge in [-0.2, -0.15) is 0 Å². The van der Waals surface area contributed by atoms with E-state index in [1.807, 2.05) is 0 Å². The quantitative estimate of drug-likeness (QED) is 0.763. The molecule has 1 heteroatoms. The molecule has 0 aromatic carbocycles. The average Bonchev–Trinajstić information content (AvgIpc) is 2.92. The first-order chi connectivity index (χ1) is 7.62. The first-order valence-electron chi connectivity index (χ1n) is 7.33. The molecule has 0 aliphatic heterocycles. The molecule has 0 amide bonds. The lowest BCUT2D eigenvalue weighted by atomic mass is 9.93. The molecule has 2 saturated carbocycles. The Kier molecular flexibility index (Phi) is 3.94. The Morgan fingerprint density at radius 3 is 2.81 bits per heavy atom. The molecule has 2 aliphatic carbocycles. The summed E-state index contributed by atoms with van der Waals surface area (Å²) in [4.78, 5) is 0. The van der Waals surface area contributed by atoms with Crippen molar-refractivity contribution in [2.75, 3.05) is 13.1 Å². The Labute approximate surface area is 101 Å². The molecular formula is C15H29N. The van der Waals surface area contributed by atoms with Gasteiger partial charge in [0.1, 0.15) is 0 Å². The molecule has 2 rings (SSSR count). The summed E-state index contributed by atoms with van der Waals surface area (Å²) in [6.45, 7) is 9.51. The van der Waals surface area contributed by atoms with Crippen LogP contribution >= 0.6 is 0 Å². The third-order valence-electron chi connectivity index (χ3n) is 4.81. The fourth-order valence-electron chi connectivity index (χ4n) is 3.48. The number of hydrogen-bond donors (Lipinski definition) is 1. The SMILES string of the molecule is CC(C)CNCC1CC12CCCC(C)CC2. The Hall–Kier alpha value is -0.0400. The van der Waals surface area contributed by atoms with Crippen molar-refractivity contribution in [3.05, 3.63) is 0 Å². The minimum absolute atomic E-state index is 0.786. The van der Waals surface area contributed by atoms with Gasteiger partial charge in [0.25, 0.3) is 0 Å². The molecule has 0 heterocycles. The van der Waals surface area contributed by atoms with E-state index in [-0.39, 0.29) is 0 Å². The van der Waals surface area contributed by atoms with Crippen molar-refractivity contribution < 1.29 is 0 Å².